The molecule has 0 atom stereocenters. The van der Waals surface area contributed by atoms with Crippen molar-refractivity contribution in [3.05, 3.63) is 33.4 Å². The Bertz CT molecular complexity index is 597. The van der Waals surface area contributed by atoms with Crippen molar-refractivity contribution >= 4 is 27.5 Å². The molecule has 1 aromatic heterocycles. The molecule has 0 amide bonds. The maximum Gasteiger partial charge on any atom is 0.325 e. The van der Waals surface area contributed by atoms with Crippen molar-refractivity contribution in [1.29, 1.82) is 0 Å². The van der Waals surface area contributed by atoms with E-state index < -0.39 is 5.97 Å². The number of ether oxygens (including phenoxy) is 1. The highest BCUT2D eigenvalue weighted by molar-refractivity contribution is 7.16. The first-order chi connectivity index (χ1) is 7.61. The maximum atomic E-state index is 11.7. The number of thiazole rings is 1. The van der Waals surface area contributed by atoms with Crippen molar-refractivity contribution in [1.82, 2.24) is 4.57 Å². The van der Waals surface area contributed by atoms with Crippen molar-refractivity contribution in [2.75, 3.05) is 7.11 Å². The molecule has 2 rings (SSSR count). The lowest BCUT2D eigenvalue weighted by atomic mass is 10.2. The van der Waals surface area contributed by atoms with E-state index in [-0.39, 0.29) is 11.4 Å². The number of carbonyl (C=O) groups excluding carboxylic acids is 1. The highest BCUT2D eigenvalue weighted by atomic mass is 32.1. The molecule has 5 heteroatoms. The topological polar surface area (TPSA) is 48.3 Å². The summed E-state index contributed by atoms with van der Waals surface area (Å²) in [6, 6.07) is 5.71. The summed E-state index contributed by atoms with van der Waals surface area (Å²) in [6.07, 6.45) is 0. The van der Waals surface area contributed by atoms with E-state index in [1.165, 1.54) is 11.7 Å². The summed E-state index contributed by atoms with van der Waals surface area (Å²) in [4.78, 5) is 22.7. The van der Waals surface area contributed by atoms with Crippen LogP contribution in [0.3, 0.4) is 0 Å². The van der Waals surface area contributed by atoms with Crippen LogP contribution in [0.2, 0.25) is 0 Å². The molecule has 0 aliphatic rings. The van der Waals surface area contributed by atoms with Crippen molar-refractivity contribution in [2.45, 2.75) is 13.5 Å². The molecule has 0 aliphatic carbocycles. The lowest BCUT2D eigenvalue weighted by molar-refractivity contribution is -0.141. The second-order valence-electron chi connectivity index (χ2n) is 3.50. The van der Waals surface area contributed by atoms with Crippen LogP contribution >= 0.6 is 11.3 Å². The zero-order valence-corrected chi connectivity index (χ0v) is 9.84. The van der Waals surface area contributed by atoms with E-state index in [1.807, 2.05) is 25.1 Å². The van der Waals surface area contributed by atoms with Gasteiger partial charge in [0.15, 0.2) is 0 Å². The molecule has 1 heterocycles. The van der Waals surface area contributed by atoms with E-state index in [0.29, 0.717) is 0 Å². The lowest BCUT2D eigenvalue weighted by Crippen LogP contribution is -2.19. The van der Waals surface area contributed by atoms with E-state index >= 15 is 0 Å². The number of aromatic nitrogens is 1. The summed E-state index contributed by atoms with van der Waals surface area (Å²) in [6.45, 7) is 1.94. The minimum atomic E-state index is -0.414. The van der Waals surface area contributed by atoms with Crippen LogP contribution in [0.5, 0.6) is 0 Å². The van der Waals surface area contributed by atoms with E-state index in [1.54, 1.807) is 0 Å². The van der Waals surface area contributed by atoms with Crippen LogP contribution in [0.25, 0.3) is 10.2 Å². The van der Waals surface area contributed by atoms with Crippen LogP contribution in [-0.4, -0.2) is 17.6 Å². The Kier molecular flexibility index (Phi) is 2.78. The average molecular weight is 237 g/mol. The van der Waals surface area contributed by atoms with Crippen LogP contribution < -0.4 is 4.87 Å². The Labute approximate surface area is 96.1 Å². The second kappa shape index (κ2) is 4.09. The molecule has 84 valence electrons. The van der Waals surface area contributed by atoms with E-state index in [2.05, 4.69) is 4.74 Å². The van der Waals surface area contributed by atoms with Gasteiger partial charge in [0, 0.05) is 0 Å². The zero-order valence-electron chi connectivity index (χ0n) is 9.02. The van der Waals surface area contributed by atoms with Crippen molar-refractivity contribution in [3.63, 3.8) is 0 Å². The number of rotatable bonds is 2. The largest absolute Gasteiger partial charge is 0.468 e. The zero-order chi connectivity index (χ0) is 11.7. The van der Waals surface area contributed by atoms with Gasteiger partial charge < -0.3 is 4.74 Å². The highest BCUT2D eigenvalue weighted by Crippen LogP contribution is 2.18. The fourth-order valence-corrected chi connectivity index (χ4v) is 2.51. The molecule has 2 aromatic rings. The number of esters is 1. The Morgan fingerprint density at radius 3 is 2.94 bits per heavy atom. The molecule has 0 saturated carbocycles. The van der Waals surface area contributed by atoms with Gasteiger partial charge in [0.1, 0.15) is 6.54 Å². The lowest BCUT2D eigenvalue weighted by Gasteiger charge is -2.01. The van der Waals surface area contributed by atoms with Gasteiger partial charge in [0.25, 0.3) is 0 Å². The predicted molar refractivity (Wildman–Crippen MR) is 62.8 cm³/mol. The van der Waals surface area contributed by atoms with Gasteiger partial charge in [-0.3, -0.25) is 14.2 Å². The minimum absolute atomic E-state index is 0.0294. The molecule has 4 nitrogen and oxygen atoms in total. The molecule has 0 bridgehead atoms. The summed E-state index contributed by atoms with van der Waals surface area (Å²) in [5.74, 6) is -0.414. The molecular formula is C11H11NO3S. The molecule has 0 unspecified atom stereocenters. The first-order valence-corrected chi connectivity index (χ1v) is 5.60. The van der Waals surface area contributed by atoms with E-state index in [4.69, 9.17) is 0 Å². The number of aryl methyl sites for hydroxylation is 1. The van der Waals surface area contributed by atoms with Crippen LogP contribution in [0, 0.1) is 6.92 Å². The van der Waals surface area contributed by atoms with E-state index in [0.717, 1.165) is 27.1 Å². The third-order valence-electron chi connectivity index (χ3n) is 2.34. The van der Waals surface area contributed by atoms with Gasteiger partial charge in [-0.1, -0.05) is 17.4 Å². The first-order valence-electron chi connectivity index (χ1n) is 4.78. The fourth-order valence-electron chi connectivity index (χ4n) is 1.52. The average Bonchev–Trinajstić information content (AvgIpc) is 2.54. The Morgan fingerprint density at radius 2 is 2.25 bits per heavy atom. The summed E-state index contributed by atoms with van der Waals surface area (Å²) < 4.78 is 6.89. The van der Waals surface area contributed by atoms with Crippen LogP contribution in [0.4, 0.5) is 0 Å². The SMILES string of the molecule is COC(=O)Cn1c(=O)sc2cc(C)ccc21. The number of hydrogen-bond donors (Lipinski definition) is 0. The van der Waals surface area contributed by atoms with Crippen LogP contribution in [0.1, 0.15) is 5.56 Å². The van der Waals surface area contributed by atoms with Gasteiger partial charge in [0.05, 0.1) is 17.3 Å². The highest BCUT2D eigenvalue weighted by Gasteiger charge is 2.10. The van der Waals surface area contributed by atoms with Gasteiger partial charge >= 0.3 is 10.8 Å². The number of benzene rings is 1. The quantitative estimate of drug-likeness (QED) is 0.744. The fraction of sp³-hybridized carbons (Fsp3) is 0.273. The monoisotopic (exact) mass is 237 g/mol. The number of fused-ring (bicyclic) bond motifs is 1. The molecule has 0 aliphatic heterocycles. The van der Waals surface area contributed by atoms with Gasteiger partial charge in [-0.15, -0.1) is 0 Å². The normalized spacial score (nSPS) is 10.6. The predicted octanol–water partition coefficient (Wildman–Crippen LogP) is 1.54. The van der Waals surface area contributed by atoms with Crippen molar-refractivity contribution in [3.8, 4) is 0 Å². The standard InChI is InChI=1S/C11H11NO3S/c1-7-3-4-8-9(5-7)16-11(14)12(8)6-10(13)15-2/h3-5H,6H2,1-2H3. The summed E-state index contributed by atoms with van der Waals surface area (Å²) in [5, 5.41) is 0. The van der Waals surface area contributed by atoms with E-state index in [9.17, 15) is 9.59 Å². The van der Waals surface area contributed by atoms with Gasteiger partial charge in [-0.2, -0.15) is 0 Å². The molecule has 0 fully saturated rings. The van der Waals surface area contributed by atoms with Gasteiger partial charge in [-0.05, 0) is 24.6 Å². The third kappa shape index (κ3) is 1.86. The number of nitrogens with zero attached hydrogens (tertiary/aromatic N) is 1. The molecular weight excluding hydrogens is 226 g/mol. The van der Waals surface area contributed by atoms with Gasteiger partial charge in [-0.25, -0.2) is 0 Å². The Balaban J connectivity index is 2.56. The Morgan fingerprint density at radius 1 is 1.50 bits per heavy atom. The number of carbonyl (C=O) groups is 1. The molecule has 0 radical (unpaired) electrons. The van der Waals surface area contributed by atoms with Crippen molar-refractivity contribution < 1.29 is 9.53 Å². The molecule has 0 spiro atoms. The van der Waals surface area contributed by atoms with Crippen molar-refractivity contribution in [2.24, 2.45) is 0 Å². The smallest absolute Gasteiger partial charge is 0.325 e. The molecule has 16 heavy (non-hydrogen) atoms. The van der Waals surface area contributed by atoms with Crippen LogP contribution in [0.15, 0.2) is 23.0 Å². The second-order valence-corrected chi connectivity index (χ2v) is 4.49. The summed E-state index contributed by atoms with van der Waals surface area (Å²) in [5.41, 5.74) is 1.88. The minimum Gasteiger partial charge on any atom is -0.468 e. The number of hydrogen-bond acceptors (Lipinski definition) is 4. The summed E-state index contributed by atoms with van der Waals surface area (Å²) >= 11 is 1.15. The molecule has 1 aromatic carbocycles. The molecule has 0 N–H and O–H groups in total. The third-order valence-corrected chi connectivity index (χ3v) is 3.28. The van der Waals surface area contributed by atoms with Gasteiger partial charge in [0.2, 0.25) is 0 Å². The summed E-state index contributed by atoms with van der Waals surface area (Å²) in [7, 11) is 1.31. The maximum absolute atomic E-state index is 11.7. The van der Waals surface area contributed by atoms with Crippen LogP contribution in [-0.2, 0) is 16.1 Å². The Hall–Kier alpha value is -1.62. The number of methoxy groups -OCH3 is 1. The first kappa shape index (κ1) is 10.9. The molecule has 0 saturated heterocycles.